The molecule has 110 valence electrons. The van der Waals surface area contributed by atoms with E-state index >= 15 is 0 Å². The van der Waals surface area contributed by atoms with E-state index in [0.29, 0.717) is 13.0 Å². The lowest BCUT2D eigenvalue weighted by molar-refractivity contribution is -0.135. The summed E-state index contributed by atoms with van der Waals surface area (Å²) < 4.78 is 60.3. The number of hydrogen-bond acceptors (Lipinski definition) is 3. The Morgan fingerprint density at radius 2 is 1.72 bits per heavy atom. The first-order chi connectivity index (χ1) is 8.27. The van der Waals surface area contributed by atoms with Gasteiger partial charge in [-0.15, -0.1) is 0 Å². The lowest BCUT2D eigenvalue weighted by Crippen LogP contribution is -2.29. The molecule has 0 heterocycles. The molecule has 0 aliphatic carbocycles. The minimum Gasteiger partial charge on any atom is -0.317 e. The number of sulfonamides is 1. The monoisotopic (exact) mass is 290 g/mol. The summed E-state index contributed by atoms with van der Waals surface area (Å²) >= 11 is 0. The molecule has 0 spiro atoms. The molecule has 0 aromatic rings. The van der Waals surface area contributed by atoms with Gasteiger partial charge in [0, 0.05) is 13.0 Å². The maximum Gasteiger partial charge on any atom is 0.389 e. The summed E-state index contributed by atoms with van der Waals surface area (Å²) in [5, 5.41) is 3.05. The molecule has 0 aliphatic rings. The van der Waals surface area contributed by atoms with Gasteiger partial charge in [0.1, 0.15) is 0 Å². The summed E-state index contributed by atoms with van der Waals surface area (Å²) in [6.07, 6.45) is -3.99. The largest absolute Gasteiger partial charge is 0.389 e. The summed E-state index contributed by atoms with van der Waals surface area (Å²) in [5.41, 5.74) is 0. The van der Waals surface area contributed by atoms with Crippen molar-refractivity contribution in [2.45, 2.75) is 38.8 Å². The Hall–Kier alpha value is -0.340. The predicted octanol–water partition coefficient (Wildman–Crippen LogP) is 1.64. The van der Waals surface area contributed by atoms with Crippen LogP contribution in [-0.4, -0.2) is 40.0 Å². The van der Waals surface area contributed by atoms with Crippen molar-refractivity contribution < 1.29 is 21.6 Å². The lowest BCUT2D eigenvalue weighted by Gasteiger charge is -2.08. The van der Waals surface area contributed by atoms with E-state index < -0.39 is 22.6 Å². The van der Waals surface area contributed by atoms with E-state index in [0.717, 1.165) is 13.0 Å². The van der Waals surface area contributed by atoms with Gasteiger partial charge in [0.15, 0.2) is 0 Å². The molecule has 0 unspecified atom stereocenters. The van der Waals surface area contributed by atoms with Gasteiger partial charge < -0.3 is 5.32 Å². The Balaban J connectivity index is 3.62. The molecule has 0 amide bonds. The number of alkyl halides is 3. The number of halogens is 3. The fourth-order valence-corrected chi connectivity index (χ4v) is 2.40. The molecule has 18 heavy (non-hydrogen) atoms. The maximum absolute atomic E-state index is 11.8. The second-order valence-corrected chi connectivity index (χ2v) is 5.96. The van der Waals surface area contributed by atoms with E-state index in [1.807, 2.05) is 6.92 Å². The molecule has 0 saturated heterocycles. The van der Waals surface area contributed by atoms with Crippen LogP contribution < -0.4 is 10.0 Å². The first-order valence-corrected chi connectivity index (χ1v) is 7.67. The van der Waals surface area contributed by atoms with Gasteiger partial charge in [-0.1, -0.05) is 6.92 Å². The van der Waals surface area contributed by atoms with Crippen molar-refractivity contribution in [3.63, 3.8) is 0 Å². The quantitative estimate of drug-likeness (QED) is 0.601. The minimum absolute atomic E-state index is 0.0598. The van der Waals surface area contributed by atoms with E-state index in [1.165, 1.54) is 0 Å². The fraction of sp³-hybridized carbons (Fsp3) is 1.00. The third-order valence-electron chi connectivity index (χ3n) is 2.15. The number of rotatable bonds is 10. The third kappa shape index (κ3) is 12.1. The van der Waals surface area contributed by atoms with E-state index in [2.05, 4.69) is 10.0 Å². The molecule has 0 saturated carbocycles. The lowest BCUT2D eigenvalue weighted by atomic mass is 10.3. The van der Waals surface area contributed by atoms with Gasteiger partial charge in [-0.05, 0) is 32.4 Å². The van der Waals surface area contributed by atoms with Crippen LogP contribution in [0.25, 0.3) is 0 Å². The van der Waals surface area contributed by atoms with Crippen LogP contribution in [0, 0.1) is 0 Å². The summed E-state index contributed by atoms with van der Waals surface area (Å²) in [6.45, 7) is 3.27. The predicted molar refractivity (Wildman–Crippen MR) is 64.9 cm³/mol. The van der Waals surface area contributed by atoms with Crippen LogP contribution in [0.5, 0.6) is 0 Å². The zero-order chi connectivity index (χ0) is 14.1. The second kappa shape index (κ2) is 8.71. The van der Waals surface area contributed by atoms with Crippen molar-refractivity contribution in [2.24, 2.45) is 0 Å². The van der Waals surface area contributed by atoms with Crippen LogP contribution in [0.4, 0.5) is 13.2 Å². The second-order valence-electron chi connectivity index (χ2n) is 4.04. The zero-order valence-corrected chi connectivity index (χ0v) is 11.3. The third-order valence-corrected chi connectivity index (χ3v) is 3.62. The maximum atomic E-state index is 11.8. The van der Waals surface area contributed by atoms with Gasteiger partial charge in [-0.3, -0.25) is 0 Å². The summed E-state index contributed by atoms with van der Waals surface area (Å²) in [5.74, 6) is -0.0598. The van der Waals surface area contributed by atoms with Crippen molar-refractivity contribution in [3.05, 3.63) is 0 Å². The van der Waals surface area contributed by atoms with Crippen molar-refractivity contribution in [1.82, 2.24) is 10.0 Å². The molecule has 0 atom stereocenters. The SMILES string of the molecule is CCCNCCCS(=O)(=O)NCCCC(F)(F)F. The highest BCUT2D eigenvalue weighted by Gasteiger charge is 2.26. The van der Waals surface area contributed by atoms with Crippen LogP contribution in [0.3, 0.4) is 0 Å². The Labute approximate surface area is 106 Å². The van der Waals surface area contributed by atoms with Gasteiger partial charge in [0.05, 0.1) is 5.75 Å². The minimum atomic E-state index is -4.23. The molecule has 2 N–H and O–H groups in total. The van der Waals surface area contributed by atoms with E-state index in [-0.39, 0.29) is 18.7 Å². The molecular weight excluding hydrogens is 269 g/mol. The van der Waals surface area contributed by atoms with Gasteiger partial charge >= 0.3 is 6.18 Å². The Bertz CT molecular complexity index is 305. The van der Waals surface area contributed by atoms with Crippen molar-refractivity contribution in [2.75, 3.05) is 25.4 Å². The van der Waals surface area contributed by atoms with Crippen molar-refractivity contribution >= 4 is 10.0 Å². The molecule has 4 nitrogen and oxygen atoms in total. The molecule has 8 heteroatoms. The first kappa shape index (κ1) is 17.7. The van der Waals surface area contributed by atoms with Gasteiger partial charge in [-0.2, -0.15) is 13.2 Å². The average Bonchev–Trinajstić information content (AvgIpc) is 2.23. The highest BCUT2D eigenvalue weighted by Crippen LogP contribution is 2.20. The Kier molecular flexibility index (Phi) is 8.54. The van der Waals surface area contributed by atoms with Crippen molar-refractivity contribution in [3.8, 4) is 0 Å². The van der Waals surface area contributed by atoms with E-state index in [9.17, 15) is 21.6 Å². The van der Waals surface area contributed by atoms with Crippen LogP contribution in [0.1, 0.15) is 32.6 Å². The molecular formula is C10H21F3N2O2S. The van der Waals surface area contributed by atoms with E-state index in [4.69, 9.17) is 0 Å². The average molecular weight is 290 g/mol. The normalized spacial score (nSPS) is 12.9. The molecule has 0 aromatic heterocycles. The van der Waals surface area contributed by atoms with Crippen molar-refractivity contribution in [1.29, 1.82) is 0 Å². The number of nitrogens with one attached hydrogen (secondary N) is 2. The standard InChI is InChI=1S/C10H21F3N2O2S/c1-2-6-14-7-4-9-18(16,17)15-8-3-5-10(11,12)13/h14-15H,2-9H2,1H3. The molecule has 0 aliphatic heterocycles. The first-order valence-electron chi connectivity index (χ1n) is 6.01. The smallest absolute Gasteiger partial charge is 0.317 e. The molecule has 0 rings (SSSR count). The van der Waals surface area contributed by atoms with Gasteiger partial charge in [0.2, 0.25) is 10.0 Å². The molecule has 0 aromatic carbocycles. The van der Waals surface area contributed by atoms with Crippen LogP contribution >= 0.6 is 0 Å². The Morgan fingerprint density at radius 1 is 1.06 bits per heavy atom. The van der Waals surface area contributed by atoms with Crippen LogP contribution in [0.15, 0.2) is 0 Å². The summed E-state index contributed by atoms with van der Waals surface area (Å²) in [7, 11) is -3.44. The Morgan fingerprint density at radius 3 is 2.28 bits per heavy atom. The zero-order valence-electron chi connectivity index (χ0n) is 10.5. The topological polar surface area (TPSA) is 58.2 Å². The fourth-order valence-electron chi connectivity index (χ4n) is 1.28. The number of hydrogen-bond donors (Lipinski definition) is 2. The highest BCUT2D eigenvalue weighted by atomic mass is 32.2. The molecule has 0 fully saturated rings. The van der Waals surface area contributed by atoms with Crippen LogP contribution in [0.2, 0.25) is 0 Å². The summed E-state index contributed by atoms with van der Waals surface area (Å²) in [6, 6.07) is 0. The van der Waals surface area contributed by atoms with Gasteiger partial charge in [-0.25, -0.2) is 13.1 Å². The van der Waals surface area contributed by atoms with E-state index in [1.54, 1.807) is 0 Å². The molecule has 0 radical (unpaired) electrons. The molecule has 0 bridgehead atoms. The van der Waals surface area contributed by atoms with Crippen LogP contribution in [-0.2, 0) is 10.0 Å². The summed E-state index contributed by atoms with van der Waals surface area (Å²) in [4.78, 5) is 0. The highest BCUT2D eigenvalue weighted by molar-refractivity contribution is 7.89. The van der Waals surface area contributed by atoms with Gasteiger partial charge in [0.25, 0.3) is 0 Å².